The Hall–Kier alpha value is -1.84. The Balaban J connectivity index is 2.14. The van der Waals surface area contributed by atoms with Gasteiger partial charge in [-0.05, 0) is 18.4 Å². The van der Waals surface area contributed by atoms with E-state index in [0.29, 0.717) is 19.5 Å². The van der Waals surface area contributed by atoms with Crippen LogP contribution >= 0.6 is 0 Å². The first-order valence-corrected chi connectivity index (χ1v) is 7.11. The molecule has 4 heteroatoms. The van der Waals surface area contributed by atoms with Gasteiger partial charge in [0.15, 0.2) is 0 Å². The van der Waals surface area contributed by atoms with Crippen LogP contribution in [0.5, 0.6) is 0 Å². The van der Waals surface area contributed by atoms with Crippen LogP contribution in [0.25, 0.3) is 0 Å². The second-order valence-corrected chi connectivity index (χ2v) is 5.78. The minimum absolute atomic E-state index is 0.0198. The van der Waals surface area contributed by atoms with E-state index in [1.165, 1.54) is 5.56 Å². The molecular formula is C16H22N2O2. The van der Waals surface area contributed by atoms with Crippen LogP contribution in [-0.4, -0.2) is 29.3 Å². The lowest BCUT2D eigenvalue weighted by atomic mass is 10.0. The second kappa shape index (κ2) is 6.07. The van der Waals surface area contributed by atoms with E-state index >= 15 is 0 Å². The summed E-state index contributed by atoms with van der Waals surface area (Å²) >= 11 is 0. The number of nitrogens with one attached hydrogen (secondary N) is 1. The van der Waals surface area contributed by atoms with E-state index in [1.807, 2.05) is 45.0 Å². The molecule has 1 unspecified atom stereocenters. The van der Waals surface area contributed by atoms with E-state index in [-0.39, 0.29) is 17.7 Å². The van der Waals surface area contributed by atoms with Crippen molar-refractivity contribution >= 4 is 11.8 Å². The van der Waals surface area contributed by atoms with E-state index in [1.54, 1.807) is 4.90 Å². The third kappa shape index (κ3) is 3.38. The topological polar surface area (TPSA) is 49.4 Å². The van der Waals surface area contributed by atoms with Crippen molar-refractivity contribution in [3.63, 3.8) is 0 Å². The molecule has 1 saturated heterocycles. The lowest BCUT2D eigenvalue weighted by Crippen LogP contribution is -2.47. The number of hydrogen-bond acceptors (Lipinski definition) is 2. The zero-order chi connectivity index (χ0) is 14.7. The number of amides is 2. The minimum atomic E-state index is -0.407. The van der Waals surface area contributed by atoms with Crippen molar-refractivity contribution in [1.82, 2.24) is 10.2 Å². The van der Waals surface area contributed by atoms with E-state index in [0.717, 1.165) is 5.56 Å². The Labute approximate surface area is 120 Å². The van der Waals surface area contributed by atoms with Gasteiger partial charge in [0.25, 0.3) is 0 Å². The summed E-state index contributed by atoms with van der Waals surface area (Å²) in [5.41, 5.74) is 2.30. The molecule has 0 aliphatic carbocycles. The highest BCUT2D eigenvalue weighted by molar-refractivity contribution is 5.90. The summed E-state index contributed by atoms with van der Waals surface area (Å²) in [5, 5.41) is 2.82. The Morgan fingerprint density at radius 2 is 1.90 bits per heavy atom. The predicted octanol–water partition coefficient (Wildman–Crippen LogP) is 1.87. The number of aryl methyl sites for hydroxylation is 1. The number of nitrogens with zero attached hydrogens (tertiary/aromatic N) is 1. The van der Waals surface area contributed by atoms with Gasteiger partial charge in [0.1, 0.15) is 6.04 Å². The lowest BCUT2D eigenvalue weighted by Gasteiger charge is -2.26. The number of hydrogen-bond donors (Lipinski definition) is 1. The summed E-state index contributed by atoms with van der Waals surface area (Å²) < 4.78 is 0. The Morgan fingerprint density at radius 1 is 1.25 bits per heavy atom. The average molecular weight is 274 g/mol. The molecule has 0 spiro atoms. The molecule has 20 heavy (non-hydrogen) atoms. The first kappa shape index (κ1) is 14.6. The molecule has 0 saturated carbocycles. The maximum atomic E-state index is 12.5. The molecule has 1 fully saturated rings. The van der Waals surface area contributed by atoms with Crippen molar-refractivity contribution in [2.75, 3.05) is 6.54 Å². The Bertz CT molecular complexity index is 494. The highest BCUT2D eigenvalue weighted by Gasteiger charge is 2.31. The van der Waals surface area contributed by atoms with Crippen molar-refractivity contribution in [2.24, 2.45) is 5.92 Å². The van der Waals surface area contributed by atoms with Gasteiger partial charge in [0, 0.05) is 19.5 Å². The van der Waals surface area contributed by atoms with Crippen LogP contribution in [0.4, 0.5) is 0 Å². The van der Waals surface area contributed by atoms with E-state index in [9.17, 15) is 9.59 Å². The van der Waals surface area contributed by atoms with Gasteiger partial charge in [-0.1, -0.05) is 43.7 Å². The summed E-state index contributed by atoms with van der Waals surface area (Å²) in [5.74, 6) is 0.0833. The minimum Gasteiger partial charge on any atom is -0.344 e. The van der Waals surface area contributed by atoms with Crippen molar-refractivity contribution in [2.45, 2.75) is 39.8 Å². The Kier molecular flexibility index (Phi) is 4.42. The molecule has 0 bridgehead atoms. The number of benzene rings is 1. The van der Waals surface area contributed by atoms with Gasteiger partial charge >= 0.3 is 0 Å². The molecule has 1 aliphatic heterocycles. The number of rotatable bonds is 3. The quantitative estimate of drug-likeness (QED) is 0.914. The van der Waals surface area contributed by atoms with Crippen LogP contribution in [0.2, 0.25) is 0 Å². The monoisotopic (exact) mass is 274 g/mol. The molecule has 2 rings (SSSR count). The molecule has 4 nitrogen and oxygen atoms in total. The van der Waals surface area contributed by atoms with Crippen LogP contribution in [-0.2, 0) is 16.1 Å². The molecule has 2 amide bonds. The SMILES string of the molecule is Cc1ccc(CN2CCC(=O)NC(C(C)C)C2=O)cc1. The maximum absolute atomic E-state index is 12.5. The van der Waals surface area contributed by atoms with Gasteiger partial charge in [-0.3, -0.25) is 9.59 Å². The van der Waals surface area contributed by atoms with Gasteiger partial charge in [0.05, 0.1) is 0 Å². The molecule has 1 aromatic rings. The fraction of sp³-hybridized carbons (Fsp3) is 0.500. The van der Waals surface area contributed by atoms with Crippen LogP contribution in [0, 0.1) is 12.8 Å². The first-order chi connectivity index (χ1) is 9.47. The fourth-order valence-electron chi connectivity index (χ4n) is 2.37. The summed E-state index contributed by atoms with van der Waals surface area (Å²) in [6, 6.07) is 7.75. The normalized spacial score (nSPS) is 20.0. The zero-order valence-electron chi connectivity index (χ0n) is 12.3. The van der Waals surface area contributed by atoms with Gasteiger partial charge < -0.3 is 10.2 Å². The standard InChI is InChI=1S/C16H22N2O2/c1-11(2)15-16(20)18(9-8-14(19)17-15)10-13-6-4-12(3)5-7-13/h4-7,11,15H,8-10H2,1-3H3,(H,17,19). The molecule has 0 aromatic heterocycles. The fourth-order valence-corrected chi connectivity index (χ4v) is 2.37. The number of carbonyl (C=O) groups excluding carboxylic acids is 2. The van der Waals surface area contributed by atoms with E-state index in [4.69, 9.17) is 0 Å². The molecule has 1 heterocycles. The van der Waals surface area contributed by atoms with Crippen molar-refractivity contribution in [3.8, 4) is 0 Å². The van der Waals surface area contributed by atoms with Gasteiger partial charge in [-0.15, -0.1) is 0 Å². The van der Waals surface area contributed by atoms with E-state index < -0.39 is 6.04 Å². The van der Waals surface area contributed by atoms with Crippen LogP contribution < -0.4 is 5.32 Å². The molecule has 108 valence electrons. The van der Waals surface area contributed by atoms with Crippen LogP contribution in [0.15, 0.2) is 24.3 Å². The van der Waals surface area contributed by atoms with Crippen LogP contribution in [0.1, 0.15) is 31.4 Å². The van der Waals surface area contributed by atoms with Crippen molar-refractivity contribution in [3.05, 3.63) is 35.4 Å². The molecule has 1 N–H and O–H groups in total. The highest BCUT2D eigenvalue weighted by Crippen LogP contribution is 2.14. The van der Waals surface area contributed by atoms with Crippen molar-refractivity contribution in [1.29, 1.82) is 0 Å². The molecule has 1 aliphatic rings. The summed E-state index contributed by atoms with van der Waals surface area (Å²) in [6.45, 7) is 7.01. The smallest absolute Gasteiger partial charge is 0.245 e. The molecule has 1 aromatic carbocycles. The predicted molar refractivity (Wildman–Crippen MR) is 78.0 cm³/mol. The summed E-state index contributed by atoms with van der Waals surface area (Å²) in [7, 11) is 0. The maximum Gasteiger partial charge on any atom is 0.245 e. The number of carbonyl (C=O) groups is 2. The summed E-state index contributed by atoms with van der Waals surface area (Å²) in [4.78, 5) is 26.0. The van der Waals surface area contributed by atoms with Crippen molar-refractivity contribution < 1.29 is 9.59 Å². The summed E-state index contributed by atoms with van der Waals surface area (Å²) in [6.07, 6.45) is 0.376. The van der Waals surface area contributed by atoms with Gasteiger partial charge in [-0.25, -0.2) is 0 Å². The third-order valence-electron chi connectivity index (χ3n) is 3.66. The molecular weight excluding hydrogens is 252 g/mol. The molecule has 1 atom stereocenters. The largest absolute Gasteiger partial charge is 0.344 e. The Morgan fingerprint density at radius 3 is 2.50 bits per heavy atom. The second-order valence-electron chi connectivity index (χ2n) is 5.78. The zero-order valence-corrected chi connectivity index (χ0v) is 12.3. The van der Waals surface area contributed by atoms with E-state index in [2.05, 4.69) is 5.32 Å². The highest BCUT2D eigenvalue weighted by atomic mass is 16.2. The first-order valence-electron chi connectivity index (χ1n) is 7.11. The average Bonchev–Trinajstić information content (AvgIpc) is 2.54. The molecule has 0 radical (unpaired) electrons. The van der Waals surface area contributed by atoms with Gasteiger partial charge in [0.2, 0.25) is 11.8 Å². The third-order valence-corrected chi connectivity index (χ3v) is 3.66. The lowest BCUT2D eigenvalue weighted by molar-refractivity contribution is -0.135. The van der Waals surface area contributed by atoms with Gasteiger partial charge in [-0.2, -0.15) is 0 Å². The van der Waals surface area contributed by atoms with Crippen LogP contribution in [0.3, 0.4) is 0 Å².